The van der Waals surface area contributed by atoms with Gasteiger partial charge in [-0.05, 0) is 56.2 Å². The third-order valence-electron chi connectivity index (χ3n) is 5.64. The number of aliphatic hydroxyl groups is 1. The Morgan fingerprint density at radius 1 is 1.09 bits per heavy atom. The van der Waals surface area contributed by atoms with Crippen LogP contribution in [0.3, 0.4) is 0 Å². The smallest absolute Gasteiger partial charge is 0.232 e. The predicted molar refractivity (Wildman–Crippen MR) is 131 cm³/mol. The molecule has 1 N–H and O–H groups in total. The zero-order valence-corrected chi connectivity index (χ0v) is 19.9. The highest BCUT2D eigenvalue weighted by molar-refractivity contribution is 7.99. The molecule has 174 valence electrons. The number of thioether (sulfide) groups is 1. The Bertz CT molecular complexity index is 1060. The van der Waals surface area contributed by atoms with Crippen LogP contribution in [-0.2, 0) is 0 Å². The zero-order valence-electron chi connectivity index (χ0n) is 19.1. The van der Waals surface area contributed by atoms with Crippen LogP contribution in [0, 0.1) is 6.92 Å². The molecule has 4 rings (SSSR count). The van der Waals surface area contributed by atoms with Gasteiger partial charge in [0.1, 0.15) is 12.4 Å². The molecule has 1 aromatic heterocycles. The molecule has 1 atom stereocenters. The maximum atomic E-state index is 11.7. The maximum absolute atomic E-state index is 11.7. The monoisotopic (exact) mass is 466 g/mol. The van der Waals surface area contributed by atoms with Crippen LogP contribution in [0.4, 0.5) is 5.95 Å². The van der Waals surface area contributed by atoms with Gasteiger partial charge in [-0.25, -0.2) is 0 Å². The lowest BCUT2D eigenvalue weighted by atomic mass is 10.1. The number of hydrogen-bond donors (Lipinski definition) is 1. The highest BCUT2D eigenvalue weighted by atomic mass is 32.2. The van der Waals surface area contributed by atoms with Gasteiger partial charge in [0.05, 0.1) is 11.8 Å². The van der Waals surface area contributed by atoms with Gasteiger partial charge in [0.15, 0.2) is 10.9 Å². The second kappa shape index (κ2) is 10.9. The van der Waals surface area contributed by atoms with Gasteiger partial charge < -0.3 is 14.7 Å². The van der Waals surface area contributed by atoms with Crippen molar-refractivity contribution in [2.75, 3.05) is 30.3 Å². The van der Waals surface area contributed by atoms with E-state index in [1.807, 2.05) is 6.92 Å². The molecule has 0 radical (unpaired) electrons. The average Bonchev–Trinajstić information content (AvgIpc) is 3.52. The molecule has 0 bridgehead atoms. The van der Waals surface area contributed by atoms with Crippen LogP contribution in [0.1, 0.15) is 42.1 Å². The lowest BCUT2D eigenvalue weighted by Crippen LogP contribution is -2.22. The quantitative estimate of drug-likeness (QED) is 0.352. The summed E-state index contributed by atoms with van der Waals surface area (Å²) in [5, 5.41) is 20.2. The van der Waals surface area contributed by atoms with Crippen LogP contribution >= 0.6 is 11.8 Å². The van der Waals surface area contributed by atoms with Gasteiger partial charge in [0, 0.05) is 30.8 Å². The van der Waals surface area contributed by atoms with Crippen molar-refractivity contribution in [2.45, 2.75) is 44.4 Å². The number of rotatable bonds is 10. The van der Waals surface area contributed by atoms with Gasteiger partial charge in [0.2, 0.25) is 5.95 Å². The van der Waals surface area contributed by atoms with Crippen molar-refractivity contribution in [3.63, 3.8) is 0 Å². The summed E-state index contributed by atoms with van der Waals surface area (Å²) in [5.74, 6) is 2.01. The van der Waals surface area contributed by atoms with Crippen LogP contribution in [0.2, 0.25) is 0 Å². The number of carbonyl (C=O) groups is 1. The van der Waals surface area contributed by atoms with Gasteiger partial charge in [-0.1, -0.05) is 36.4 Å². The van der Waals surface area contributed by atoms with Crippen molar-refractivity contribution >= 4 is 23.5 Å². The molecule has 0 saturated carbocycles. The number of Topliss-reactive ketones (excluding diaryl/α,β-unsaturated/α-hetero) is 1. The van der Waals surface area contributed by atoms with Crippen molar-refractivity contribution < 1.29 is 14.6 Å². The number of anilines is 1. The van der Waals surface area contributed by atoms with Crippen molar-refractivity contribution in [3.05, 3.63) is 59.7 Å². The van der Waals surface area contributed by atoms with E-state index in [-0.39, 0.29) is 12.4 Å². The van der Waals surface area contributed by atoms with E-state index in [4.69, 9.17) is 4.74 Å². The summed E-state index contributed by atoms with van der Waals surface area (Å²) in [4.78, 5) is 14.0. The Morgan fingerprint density at radius 3 is 2.45 bits per heavy atom. The normalized spacial score (nSPS) is 14.5. The van der Waals surface area contributed by atoms with Gasteiger partial charge in [0.25, 0.3) is 0 Å². The lowest BCUT2D eigenvalue weighted by Gasteiger charge is -2.19. The fraction of sp³-hybridized carbons (Fsp3) is 0.400. The topological polar surface area (TPSA) is 80.5 Å². The highest BCUT2D eigenvalue weighted by Gasteiger charge is 2.23. The van der Waals surface area contributed by atoms with Crippen LogP contribution in [0.15, 0.2) is 53.7 Å². The van der Waals surface area contributed by atoms with Crippen molar-refractivity contribution in [3.8, 4) is 11.4 Å². The molecule has 0 spiro atoms. The number of ether oxygens (including phenoxy) is 1. The minimum Gasteiger partial charge on any atom is -0.491 e. The van der Waals surface area contributed by atoms with Gasteiger partial charge in [-0.2, -0.15) is 0 Å². The highest BCUT2D eigenvalue weighted by Crippen LogP contribution is 2.29. The number of aryl methyl sites for hydroxylation is 1. The molecule has 1 aliphatic rings. The summed E-state index contributed by atoms with van der Waals surface area (Å²) in [7, 11) is 0. The van der Waals surface area contributed by atoms with E-state index in [0.717, 1.165) is 42.7 Å². The number of aromatic nitrogens is 3. The third kappa shape index (κ3) is 5.75. The fourth-order valence-corrected chi connectivity index (χ4v) is 4.60. The Hall–Kier alpha value is -2.84. The molecule has 1 saturated heterocycles. The second-order valence-electron chi connectivity index (χ2n) is 8.22. The standard InChI is InChI=1S/C25H30N4O3S/c1-3-23(31)19-8-12-22(13-9-19)32-16-21(30)17-33-25-27-26-24(28-14-4-5-15-28)29(25)20-10-6-18(2)7-11-20/h6-13,21,30H,3-5,14-17H2,1-2H3. The summed E-state index contributed by atoms with van der Waals surface area (Å²) >= 11 is 1.47. The van der Waals surface area contributed by atoms with Gasteiger partial charge >= 0.3 is 0 Å². The first-order valence-electron chi connectivity index (χ1n) is 11.4. The minimum atomic E-state index is -0.676. The zero-order chi connectivity index (χ0) is 23.2. The first kappa shape index (κ1) is 23.3. The number of hydrogen-bond acceptors (Lipinski definition) is 7. The SMILES string of the molecule is CCC(=O)c1ccc(OCC(O)CSc2nnc(N3CCCC3)n2-c2ccc(C)cc2)cc1. The Balaban J connectivity index is 1.40. The van der Waals surface area contributed by atoms with E-state index in [2.05, 4.69) is 50.9 Å². The molecule has 7 nitrogen and oxygen atoms in total. The number of nitrogens with zero attached hydrogens (tertiary/aromatic N) is 4. The number of benzene rings is 2. The lowest BCUT2D eigenvalue weighted by molar-refractivity contribution is 0.0987. The van der Waals surface area contributed by atoms with Crippen molar-refractivity contribution in [2.24, 2.45) is 0 Å². The van der Waals surface area contributed by atoms with E-state index in [1.165, 1.54) is 17.3 Å². The first-order chi connectivity index (χ1) is 16.0. The molecular formula is C25H30N4O3S. The van der Waals surface area contributed by atoms with E-state index in [1.54, 1.807) is 24.3 Å². The molecule has 2 heterocycles. The van der Waals surface area contributed by atoms with E-state index in [9.17, 15) is 9.90 Å². The number of carbonyl (C=O) groups excluding carboxylic acids is 1. The van der Waals surface area contributed by atoms with Crippen LogP contribution in [-0.4, -0.2) is 57.2 Å². The minimum absolute atomic E-state index is 0.101. The average molecular weight is 467 g/mol. The Morgan fingerprint density at radius 2 is 1.79 bits per heavy atom. The summed E-state index contributed by atoms with van der Waals surface area (Å²) in [6, 6.07) is 15.4. The van der Waals surface area contributed by atoms with Crippen LogP contribution < -0.4 is 9.64 Å². The molecule has 8 heteroatoms. The van der Waals surface area contributed by atoms with E-state index < -0.39 is 6.10 Å². The summed E-state index contributed by atoms with van der Waals surface area (Å²) < 4.78 is 7.79. The molecule has 0 aliphatic carbocycles. The van der Waals surface area contributed by atoms with Crippen LogP contribution in [0.5, 0.6) is 5.75 Å². The fourth-order valence-electron chi connectivity index (χ4n) is 3.75. The van der Waals surface area contributed by atoms with E-state index >= 15 is 0 Å². The van der Waals surface area contributed by atoms with Crippen LogP contribution in [0.25, 0.3) is 5.69 Å². The predicted octanol–water partition coefficient (Wildman–Crippen LogP) is 4.30. The molecule has 1 unspecified atom stereocenters. The first-order valence-corrected chi connectivity index (χ1v) is 12.4. The summed E-state index contributed by atoms with van der Waals surface area (Å²) in [5.41, 5.74) is 2.89. The van der Waals surface area contributed by atoms with Crippen molar-refractivity contribution in [1.29, 1.82) is 0 Å². The van der Waals surface area contributed by atoms with Crippen molar-refractivity contribution in [1.82, 2.24) is 14.8 Å². The number of ketones is 1. The molecular weight excluding hydrogens is 436 g/mol. The molecule has 3 aromatic rings. The summed E-state index contributed by atoms with van der Waals surface area (Å²) in [6.45, 7) is 6.03. The largest absolute Gasteiger partial charge is 0.491 e. The number of aliphatic hydroxyl groups excluding tert-OH is 1. The second-order valence-corrected chi connectivity index (χ2v) is 9.21. The van der Waals surface area contributed by atoms with E-state index in [0.29, 0.717) is 23.5 Å². The Labute approximate surface area is 198 Å². The molecule has 0 amide bonds. The summed E-state index contributed by atoms with van der Waals surface area (Å²) in [6.07, 6.45) is 2.12. The molecule has 1 aliphatic heterocycles. The molecule has 1 fully saturated rings. The maximum Gasteiger partial charge on any atom is 0.232 e. The molecule has 33 heavy (non-hydrogen) atoms. The third-order valence-corrected chi connectivity index (χ3v) is 6.72. The molecule has 2 aromatic carbocycles. The van der Waals surface area contributed by atoms with Gasteiger partial charge in [-0.15, -0.1) is 10.2 Å². The Kier molecular flexibility index (Phi) is 7.67. The van der Waals surface area contributed by atoms with Gasteiger partial charge in [-0.3, -0.25) is 9.36 Å².